The molecule has 0 unspecified atom stereocenters. The average Bonchev–Trinajstić information content (AvgIpc) is 2.29. The molecule has 0 bridgehead atoms. The molecule has 1 heterocycles. The van der Waals surface area contributed by atoms with Crippen LogP contribution in [0.3, 0.4) is 0 Å². The number of hydrogen-bond acceptors (Lipinski definition) is 1. The zero-order valence-corrected chi connectivity index (χ0v) is 11.7. The number of hydrogen-bond donors (Lipinski definition) is 0. The summed E-state index contributed by atoms with van der Waals surface area (Å²) in [6.45, 7) is 8.91. The summed E-state index contributed by atoms with van der Waals surface area (Å²) in [5.41, 5.74) is 5.23. The molecule has 94 valence electrons. The Morgan fingerprint density at radius 3 is 2.22 bits per heavy atom. The van der Waals surface area contributed by atoms with Crippen molar-refractivity contribution in [3.8, 4) is 11.3 Å². The van der Waals surface area contributed by atoms with Crippen LogP contribution in [0.5, 0.6) is 0 Å². The van der Waals surface area contributed by atoms with Crippen molar-refractivity contribution in [3.05, 3.63) is 53.7 Å². The zero-order chi connectivity index (χ0) is 13.2. The summed E-state index contributed by atoms with van der Waals surface area (Å²) in [5, 5.41) is 0. The first kappa shape index (κ1) is 12.8. The van der Waals surface area contributed by atoms with E-state index in [1.807, 2.05) is 12.3 Å². The maximum Gasteiger partial charge on any atom is 0.0731 e. The third-order valence-corrected chi connectivity index (χ3v) is 2.97. The van der Waals surface area contributed by atoms with Crippen LogP contribution in [0.1, 0.15) is 31.9 Å². The van der Waals surface area contributed by atoms with Gasteiger partial charge in [0.05, 0.1) is 5.69 Å². The topological polar surface area (TPSA) is 12.9 Å². The van der Waals surface area contributed by atoms with Crippen LogP contribution in [0.4, 0.5) is 0 Å². The third kappa shape index (κ3) is 3.19. The summed E-state index contributed by atoms with van der Waals surface area (Å²) in [7, 11) is 0. The van der Waals surface area contributed by atoms with Gasteiger partial charge in [-0.25, -0.2) is 0 Å². The van der Waals surface area contributed by atoms with Crippen molar-refractivity contribution in [1.82, 2.24) is 4.98 Å². The van der Waals surface area contributed by atoms with E-state index in [9.17, 15) is 0 Å². The van der Waals surface area contributed by atoms with Gasteiger partial charge in [-0.1, -0.05) is 51.1 Å². The van der Waals surface area contributed by atoms with Gasteiger partial charge in [-0.05, 0) is 36.0 Å². The molecule has 0 radical (unpaired) electrons. The molecule has 0 atom stereocenters. The smallest absolute Gasteiger partial charge is 0.0731 e. The van der Waals surface area contributed by atoms with Gasteiger partial charge in [0.25, 0.3) is 0 Å². The second-order valence-corrected chi connectivity index (χ2v) is 6.10. The summed E-state index contributed by atoms with van der Waals surface area (Å²) >= 11 is 0. The molecule has 0 fully saturated rings. The highest BCUT2D eigenvalue weighted by atomic mass is 14.7. The fourth-order valence-corrected chi connectivity index (χ4v) is 2.18. The van der Waals surface area contributed by atoms with E-state index in [0.29, 0.717) is 5.41 Å². The first-order chi connectivity index (χ1) is 8.46. The normalized spacial score (nSPS) is 11.6. The van der Waals surface area contributed by atoms with Crippen molar-refractivity contribution in [2.45, 2.75) is 34.1 Å². The van der Waals surface area contributed by atoms with Gasteiger partial charge in [0, 0.05) is 11.8 Å². The molecule has 1 nitrogen and oxygen atoms in total. The van der Waals surface area contributed by atoms with Gasteiger partial charge in [-0.3, -0.25) is 4.98 Å². The van der Waals surface area contributed by atoms with Crippen molar-refractivity contribution >= 4 is 0 Å². The largest absolute Gasteiger partial charge is 0.256 e. The Bertz CT molecular complexity index is 518. The van der Waals surface area contributed by atoms with Gasteiger partial charge >= 0.3 is 0 Å². The van der Waals surface area contributed by atoms with Crippen LogP contribution in [0, 0.1) is 12.3 Å². The quantitative estimate of drug-likeness (QED) is 0.743. The van der Waals surface area contributed by atoms with Gasteiger partial charge in [0.1, 0.15) is 0 Å². The Hall–Kier alpha value is -1.63. The second kappa shape index (κ2) is 4.93. The van der Waals surface area contributed by atoms with Gasteiger partial charge in [0.2, 0.25) is 0 Å². The van der Waals surface area contributed by atoms with Crippen LogP contribution in [-0.2, 0) is 6.42 Å². The fraction of sp³-hybridized carbons (Fsp3) is 0.353. The number of aryl methyl sites for hydroxylation is 1. The molecule has 1 heteroatoms. The summed E-state index contributed by atoms with van der Waals surface area (Å²) in [5.74, 6) is 0. The second-order valence-electron chi connectivity index (χ2n) is 6.10. The Morgan fingerprint density at radius 1 is 1.00 bits per heavy atom. The van der Waals surface area contributed by atoms with Crippen LogP contribution in [-0.4, -0.2) is 4.98 Å². The van der Waals surface area contributed by atoms with Crippen molar-refractivity contribution in [1.29, 1.82) is 0 Å². The first-order valence-corrected chi connectivity index (χ1v) is 6.47. The minimum Gasteiger partial charge on any atom is -0.256 e. The third-order valence-electron chi connectivity index (χ3n) is 2.97. The molecule has 0 amide bonds. The number of pyridine rings is 1. The van der Waals surface area contributed by atoms with E-state index in [2.05, 4.69) is 63.0 Å². The minimum absolute atomic E-state index is 0.336. The van der Waals surface area contributed by atoms with E-state index < -0.39 is 0 Å². The highest BCUT2D eigenvalue weighted by Crippen LogP contribution is 2.24. The zero-order valence-electron chi connectivity index (χ0n) is 11.7. The SMILES string of the molecule is Cc1cccnc1-c1ccc(CC(C)(C)C)cc1. The first-order valence-electron chi connectivity index (χ1n) is 6.47. The van der Waals surface area contributed by atoms with Crippen molar-refractivity contribution in [2.75, 3.05) is 0 Å². The maximum absolute atomic E-state index is 4.45. The average molecular weight is 239 g/mol. The van der Waals surface area contributed by atoms with Crippen molar-refractivity contribution in [2.24, 2.45) is 5.41 Å². The molecule has 0 N–H and O–H groups in total. The Kier molecular flexibility index (Phi) is 3.51. The van der Waals surface area contributed by atoms with E-state index in [1.54, 1.807) is 0 Å². The lowest BCUT2D eigenvalue weighted by atomic mass is 9.88. The van der Waals surface area contributed by atoms with Gasteiger partial charge < -0.3 is 0 Å². The van der Waals surface area contributed by atoms with E-state index >= 15 is 0 Å². The molecule has 0 aliphatic rings. The highest BCUT2D eigenvalue weighted by Gasteiger charge is 2.11. The molecule has 0 spiro atoms. The standard InChI is InChI=1S/C17H21N/c1-13-6-5-11-18-16(13)15-9-7-14(8-10-15)12-17(2,3)4/h5-11H,12H2,1-4H3. The van der Waals surface area contributed by atoms with Crippen LogP contribution in [0.2, 0.25) is 0 Å². The van der Waals surface area contributed by atoms with Gasteiger partial charge in [0.15, 0.2) is 0 Å². The molecule has 1 aromatic carbocycles. The lowest BCUT2D eigenvalue weighted by Gasteiger charge is -2.18. The molecule has 0 aliphatic carbocycles. The molecule has 2 aromatic rings. The maximum atomic E-state index is 4.45. The van der Waals surface area contributed by atoms with Crippen LogP contribution >= 0.6 is 0 Å². The van der Waals surface area contributed by atoms with Crippen molar-refractivity contribution < 1.29 is 0 Å². The van der Waals surface area contributed by atoms with E-state index in [1.165, 1.54) is 16.7 Å². The predicted octanol–water partition coefficient (Wildman–Crippen LogP) is 4.65. The summed E-state index contributed by atoms with van der Waals surface area (Å²) in [6, 6.07) is 12.9. The van der Waals surface area contributed by atoms with E-state index in [0.717, 1.165) is 12.1 Å². The summed E-state index contributed by atoms with van der Waals surface area (Å²) in [4.78, 5) is 4.45. The summed E-state index contributed by atoms with van der Waals surface area (Å²) in [6.07, 6.45) is 2.96. The van der Waals surface area contributed by atoms with E-state index in [4.69, 9.17) is 0 Å². The molecule has 1 aromatic heterocycles. The predicted molar refractivity (Wildman–Crippen MR) is 77.6 cm³/mol. The van der Waals surface area contributed by atoms with Gasteiger partial charge in [-0.15, -0.1) is 0 Å². The molecule has 18 heavy (non-hydrogen) atoms. The Labute approximate surface area is 110 Å². The van der Waals surface area contributed by atoms with Crippen LogP contribution in [0.15, 0.2) is 42.6 Å². The number of rotatable bonds is 2. The summed E-state index contributed by atoms with van der Waals surface area (Å²) < 4.78 is 0. The monoisotopic (exact) mass is 239 g/mol. The Morgan fingerprint density at radius 2 is 1.67 bits per heavy atom. The lowest BCUT2D eigenvalue weighted by Crippen LogP contribution is -2.08. The van der Waals surface area contributed by atoms with Gasteiger partial charge in [-0.2, -0.15) is 0 Å². The molecule has 0 aliphatic heterocycles. The number of nitrogens with zero attached hydrogens (tertiary/aromatic N) is 1. The molecule has 0 saturated heterocycles. The number of aromatic nitrogens is 1. The number of benzene rings is 1. The van der Waals surface area contributed by atoms with Crippen molar-refractivity contribution in [3.63, 3.8) is 0 Å². The van der Waals surface area contributed by atoms with E-state index in [-0.39, 0.29) is 0 Å². The molecular weight excluding hydrogens is 218 g/mol. The minimum atomic E-state index is 0.336. The van der Waals surface area contributed by atoms with Crippen LogP contribution < -0.4 is 0 Å². The lowest BCUT2D eigenvalue weighted by molar-refractivity contribution is 0.411. The fourth-order valence-electron chi connectivity index (χ4n) is 2.18. The molecular formula is C17H21N. The molecule has 0 saturated carbocycles. The highest BCUT2D eigenvalue weighted by molar-refractivity contribution is 5.62. The molecule has 2 rings (SSSR count). The van der Waals surface area contributed by atoms with Crippen LogP contribution in [0.25, 0.3) is 11.3 Å². The Balaban J connectivity index is 2.26.